The van der Waals surface area contributed by atoms with Crippen LogP contribution in [0.1, 0.15) is 13.8 Å². The molecule has 0 bridgehead atoms. The lowest BCUT2D eigenvalue weighted by atomic mass is 10.2. The highest BCUT2D eigenvalue weighted by atomic mass is 35.5. The van der Waals surface area contributed by atoms with Crippen LogP contribution in [0.2, 0.25) is 10.0 Å². The molecule has 3 amide bonds. The van der Waals surface area contributed by atoms with Gasteiger partial charge in [0, 0.05) is 30.2 Å². The van der Waals surface area contributed by atoms with E-state index >= 15 is 0 Å². The number of hydrogen-bond acceptors (Lipinski definition) is 3. The number of nitrogens with one attached hydrogen (secondary N) is 2. The zero-order valence-electron chi connectivity index (χ0n) is 14.2. The van der Waals surface area contributed by atoms with E-state index in [1.54, 1.807) is 36.4 Å². The lowest BCUT2D eigenvalue weighted by molar-refractivity contribution is -0.120. The third-order valence-corrected chi connectivity index (χ3v) is 3.95. The van der Waals surface area contributed by atoms with Crippen molar-refractivity contribution in [3.63, 3.8) is 0 Å². The van der Waals surface area contributed by atoms with Crippen molar-refractivity contribution in [3.8, 4) is 0 Å². The molecule has 0 radical (unpaired) electrons. The Labute approximate surface area is 161 Å². The van der Waals surface area contributed by atoms with Crippen molar-refractivity contribution < 1.29 is 14.4 Å². The summed E-state index contributed by atoms with van der Waals surface area (Å²) in [6, 6.07) is 11.3. The van der Waals surface area contributed by atoms with Gasteiger partial charge in [-0.2, -0.15) is 0 Å². The first-order chi connectivity index (χ1) is 12.3. The molecule has 2 aromatic rings. The first-order valence-corrected chi connectivity index (χ1v) is 8.42. The average Bonchev–Trinajstić information content (AvgIpc) is 2.56. The van der Waals surface area contributed by atoms with Crippen molar-refractivity contribution in [2.75, 3.05) is 22.1 Å². The molecule has 0 aliphatic heterocycles. The molecular weight excluding hydrogens is 377 g/mol. The Bertz CT molecular complexity index is 838. The maximum absolute atomic E-state index is 12.3. The van der Waals surface area contributed by atoms with Crippen LogP contribution in [-0.2, 0) is 14.4 Å². The molecule has 2 rings (SSSR count). The molecule has 0 aliphatic rings. The summed E-state index contributed by atoms with van der Waals surface area (Å²) in [5, 5.41) is 6.05. The van der Waals surface area contributed by atoms with Crippen LogP contribution in [0.3, 0.4) is 0 Å². The maximum atomic E-state index is 12.3. The monoisotopic (exact) mass is 393 g/mol. The van der Waals surface area contributed by atoms with Gasteiger partial charge in [0.05, 0.1) is 10.7 Å². The fourth-order valence-electron chi connectivity index (χ4n) is 2.24. The Kier molecular flexibility index (Phi) is 6.60. The first kappa shape index (κ1) is 19.8. The van der Waals surface area contributed by atoms with Crippen LogP contribution < -0.4 is 15.5 Å². The molecule has 6 nitrogen and oxygen atoms in total. The van der Waals surface area contributed by atoms with Gasteiger partial charge in [0.2, 0.25) is 17.7 Å². The number of benzene rings is 2. The van der Waals surface area contributed by atoms with E-state index in [2.05, 4.69) is 10.6 Å². The summed E-state index contributed by atoms with van der Waals surface area (Å²) in [7, 11) is 0. The van der Waals surface area contributed by atoms with Crippen molar-refractivity contribution in [1.82, 2.24) is 0 Å². The molecule has 8 heteroatoms. The van der Waals surface area contributed by atoms with Gasteiger partial charge in [0.1, 0.15) is 6.54 Å². The molecule has 0 heterocycles. The zero-order valence-corrected chi connectivity index (χ0v) is 15.7. The average molecular weight is 394 g/mol. The van der Waals surface area contributed by atoms with Crippen molar-refractivity contribution in [1.29, 1.82) is 0 Å². The summed E-state index contributed by atoms with van der Waals surface area (Å²) >= 11 is 11.9. The summed E-state index contributed by atoms with van der Waals surface area (Å²) in [4.78, 5) is 36.6. The molecule has 26 heavy (non-hydrogen) atoms. The molecule has 0 atom stereocenters. The predicted octanol–water partition coefficient (Wildman–Crippen LogP) is 3.94. The first-order valence-electron chi connectivity index (χ1n) is 7.67. The number of rotatable bonds is 5. The standard InChI is InChI=1S/C18H17Cl2N3O3/c1-11(24)21-14-4-6-15(7-5-14)23(12(2)25)10-18(26)22-17-9-13(19)3-8-16(17)20/h3-9H,10H2,1-2H3,(H,21,24)(H,22,26). The number of carbonyl (C=O) groups is 3. The normalized spacial score (nSPS) is 10.2. The van der Waals surface area contributed by atoms with Gasteiger partial charge < -0.3 is 15.5 Å². The Hall–Kier alpha value is -2.57. The molecule has 0 fully saturated rings. The molecule has 0 spiro atoms. The van der Waals surface area contributed by atoms with Crippen LogP contribution in [0.15, 0.2) is 42.5 Å². The van der Waals surface area contributed by atoms with Gasteiger partial charge in [-0.05, 0) is 42.5 Å². The smallest absolute Gasteiger partial charge is 0.244 e. The van der Waals surface area contributed by atoms with Gasteiger partial charge in [-0.25, -0.2) is 0 Å². The molecule has 0 aromatic heterocycles. The molecule has 0 aliphatic carbocycles. The van der Waals surface area contributed by atoms with E-state index in [4.69, 9.17) is 23.2 Å². The Balaban J connectivity index is 2.12. The molecule has 2 N–H and O–H groups in total. The number of anilines is 3. The molecule has 0 saturated carbocycles. The van der Waals surface area contributed by atoms with Crippen molar-refractivity contribution >= 4 is 58.0 Å². The van der Waals surface area contributed by atoms with Gasteiger partial charge in [0.15, 0.2) is 0 Å². The van der Waals surface area contributed by atoms with Gasteiger partial charge in [-0.15, -0.1) is 0 Å². The van der Waals surface area contributed by atoms with E-state index in [9.17, 15) is 14.4 Å². The minimum atomic E-state index is -0.421. The second kappa shape index (κ2) is 8.69. The summed E-state index contributed by atoms with van der Waals surface area (Å²) in [6.45, 7) is 2.57. The second-order valence-electron chi connectivity index (χ2n) is 5.51. The van der Waals surface area contributed by atoms with E-state index in [1.165, 1.54) is 24.8 Å². The third-order valence-electron chi connectivity index (χ3n) is 3.38. The van der Waals surface area contributed by atoms with Crippen LogP contribution >= 0.6 is 23.2 Å². The van der Waals surface area contributed by atoms with Crippen LogP contribution in [0.5, 0.6) is 0 Å². The third kappa shape index (κ3) is 5.47. The fraction of sp³-hybridized carbons (Fsp3) is 0.167. The van der Waals surface area contributed by atoms with Gasteiger partial charge in [-0.3, -0.25) is 14.4 Å². The van der Waals surface area contributed by atoms with E-state index in [-0.39, 0.29) is 18.4 Å². The zero-order chi connectivity index (χ0) is 19.3. The van der Waals surface area contributed by atoms with Gasteiger partial charge >= 0.3 is 0 Å². The highest BCUT2D eigenvalue weighted by Gasteiger charge is 2.17. The lowest BCUT2D eigenvalue weighted by Crippen LogP contribution is -2.36. The minimum Gasteiger partial charge on any atom is -0.326 e. The van der Waals surface area contributed by atoms with Gasteiger partial charge in [0.25, 0.3) is 0 Å². The van der Waals surface area contributed by atoms with Crippen LogP contribution in [0.25, 0.3) is 0 Å². The number of nitrogens with zero attached hydrogens (tertiary/aromatic N) is 1. The highest BCUT2D eigenvalue weighted by molar-refractivity contribution is 6.35. The topological polar surface area (TPSA) is 78.5 Å². The van der Waals surface area contributed by atoms with Crippen LogP contribution in [0.4, 0.5) is 17.1 Å². The summed E-state index contributed by atoms with van der Waals surface area (Å²) in [5.74, 6) is -0.918. The van der Waals surface area contributed by atoms with E-state index < -0.39 is 5.91 Å². The summed E-state index contributed by atoms with van der Waals surface area (Å²) in [6.07, 6.45) is 0. The minimum absolute atomic E-state index is 0.195. The molecule has 136 valence electrons. The molecule has 0 saturated heterocycles. The number of halogens is 2. The van der Waals surface area contributed by atoms with E-state index in [1.807, 2.05) is 0 Å². The fourth-order valence-corrected chi connectivity index (χ4v) is 2.58. The van der Waals surface area contributed by atoms with E-state index in [0.717, 1.165) is 0 Å². The lowest BCUT2D eigenvalue weighted by Gasteiger charge is -2.21. The van der Waals surface area contributed by atoms with Crippen molar-refractivity contribution in [3.05, 3.63) is 52.5 Å². The quantitative estimate of drug-likeness (QED) is 0.806. The largest absolute Gasteiger partial charge is 0.326 e. The number of carbonyl (C=O) groups excluding carboxylic acids is 3. The predicted molar refractivity (Wildman–Crippen MR) is 104 cm³/mol. The van der Waals surface area contributed by atoms with E-state index in [0.29, 0.717) is 27.1 Å². The molecule has 2 aromatic carbocycles. The van der Waals surface area contributed by atoms with Crippen molar-refractivity contribution in [2.45, 2.75) is 13.8 Å². The Morgan fingerprint density at radius 3 is 2.19 bits per heavy atom. The Morgan fingerprint density at radius 1 is 0.962 bits per heavy atom. The van der Waals surface area contributed by atoms with Crippen LogP contribution in [-0.4, -0.2) is 24.3 Å². The van der Waals surface area contributed by atoms with Crippen LogP contribution in [0, 0.1) is 0 Å². The van der Waals surface area contributed by atoms with Gasteiger partial charge in [-0.1, -0.05) is 23.2 Å². The van der Waals surface area contributed by atoms with Crippen molar-refractivity contribution in [2.24, 2.45) is 0 Å². The number of amides is 3. The maximum Gasteiger partial charge on any atom is 0.244 e. The SMILES string of the molecule is CC(=O)Nc1ccc(N(CC(=O)Nc2cc(Cl)ccc2Cl)C(C)=O)cc1. The Morgan fingerprint density at radius 2 is 1.62 bits per heavy atom. The second-order valence-corrected chi connectivity index (χ2v) is 6.35. The summed E-state index contributed by atoms with van der Waals surface area (Å²) < 4.78 is 0. The summed E-state index contributed by atoms with van der Waals surface area (Å²) in [5.41, 5.74) is 1.49. The molecular formula is C18H17Cl2N3O3. The number of hydrogen-bond donors (Lipinski definition) is 2. The molecule has 0 unspecified atom stereocenters. The highest BCUT2D eigenvalue weighted by Crippen LogP contribution is 2.25.